The average Bonchev–Trinajstić information content (AvgIpc) is 2.73. The highest BCUT2D eigenvalue weighted by Crippen LogP contribution is 2.37. The van der Waals surface area contributed by atoms with Crippen molar-refractivity contribution in [1.29, 1.82) is 0 Å². The van der Waals surface area contributed by atoms with Crippen LogP contribution in [-0.2, 0) is 9.59 Å². The number of nitrogens with one attached hydrogen (secondary N) is 2. The minimum Gasteiger partial charge on any atom is -0.495 e. The predicted molar refractivity (Wildman–Crippen MR) is 110 cm³/mol. The number of nitrogen functional groups attached to an aromatic ring is 1. The minimum atomic E-state index is -0.779. The molecule has 0 spiro atoms. The number of amides is 2. The summed E-state index contributed by atoms with van der Waals surface area (Å²) in [7, 11) is 1.53. The summed E-state index contributed by atoms with van der Waals surface area (Å²) in [6.45, 7) is 1.70. The van der Waals surface area contributed by atoms with Gasteiger partial charge in [-0.3, -0.25) is 9.59 Å². The van der Waals surface area contributed by atoms with E-state index in [4.69, 9.17) is 10.5 Å². The second-order valence-corrected chi connectivity index (χ2v) is 7.21. The van der Waals surface area contributed by atoms with Crippen LogP contribution < -0.4 is 26.0 Å². The number of ether oxygens (including phenoxy) is 1. The Balaban J connectivity index is 1.64. The van der Waals surface area contributed by atoms with Gasteiger partial charge in [0.05, 0.1) is 24.3 Å². The van der Waals surface area contributed by atoms with Crippen LogP contribution in [0.3, 0.4) is 0 Å². The fourth-order valence-corrected chi connectivity index (χ4v) is 3.81. The van der Waals surface area contributed by atoms with Gasteiger partial charge in [-0.2, -0.15) is 9.97 Å². The quantitative estimate of drug-likeness (QED) is 0.723. The number of nitrogens with zero attached hydrogens (tertiary/aromatic N) is 3. The van der Waals surface area contributed by atoms with E-state index in [9.17, 15) is 9.59 Å². The Kier molecular flexibility index (Phi) is 5.20. The Morgan fingerprint density at radius 3 is 2.76 bits per heavy atom. The van der Waals surface area contributed by atoms with Crippen LogP contribution in [0.25, 0.3) is 0 Å². The van der Waals surface area contributed by atoms with E-state index >= 15 is 0 Å². The Bertz CT molecular complexity index is 942. The van der Waals surface area contributed by atoms with E-state index in [2.05, 4.69) is 25.5 Å². The van der Waals surface area contributed by atoms with Crippen LogP contribution in [0.4, 0.5) is 23.3 Å². The van der Waals surface area contributed by atoms with Gasteiger partial charge in [-0.25, -0.2) is 0 Å². The fourth-order valence-electron chi connectivity index (χ4n) is 3.81. The van der Waals surface area contributed by atoms with Crippen molar-refractivity contribution in [1.82, 2.24) is 9.97 Å². The number of anilines is 4. The first kappa shape index (κ1) is 19.0. The molecule has 2 aliphatic rings. The highest BCUT2D eigenvalue weighted by Gasteiger charge is 2.35. The molecule has 0 aliphatic carbocycles. The van der Waals surface area contributed by atoms with Gasteiger partial charge in [-0.1, -0.05) is 12.1 Å². The first-order valence-corrected chi connectivity index (χ1v) is 9.73. The molecule has 9 nitrogen and oxygen atoms in total. The van der Waals surface area contributed by atoms with Gasteiger partial charge in [0.15, 0.2) is 0 Å². The summed E-state index contributed by atoms with van der Waals surface area (Å²) >= 11 is 0. The van der Waals surface area contributed by atoms with Crippen molar-refractivity contribution in [2.24, 2.45) is 0 Å². The summed E-state index contributed by atoms with van der Waals surface area (Å²) in [5, 5.41) is 5.58. The number of aromatic nitrogens is 2. The lowest BCUT2D eigenvalue weighted by molar-refractivity contribution is -0.123. The van der Waals surface area contributed by atoms with E-state index in [1.165, 1.54) is 13.5 Å². The first-order valence-electron chi connectivity index (χ1n) is 9.73. The molecule has 0 saturated carbocycles. The molecule has 1 unspecified atom stereocenters. The molecule has 2 amide bonds. The fraction of sp³-hybridized carbons (Fsp3) is 0.400. The molecule has 9 heteroatoms. The summed E-state index contributed by atoms with van der Waals surface area (Å²) in [4.78, 5) is 36.3. The van der Waals surface area contributed by atoms with Crippen molar-refractivity contribution in [3.63, 3.8) is 0 Å². The number of nitrogens with two attached hydrogens (primary N) is 1. The van der Waals surface area contributed by atoms with E-state index in [-0.39, 0.29) is 24.1 Å². The third-order valence-corrected chi connectivity index (χ3v) is 5.28. The zero-order chi connectivity index (χ0) is 20.4. The smallest absolute Gasteiger partial charge is 0.232 e. The molecule has 29 heavy (non-hydrogen) atoms. The van der Waals surface area contributed by atoms with Crippen molar-refractivity contribution >= 4 is 35.1 Å². The topological polar surface area (TPSA) is 122 Å². The maximum absolute atomic E-state index is 13.0. The van der Waals surface area contributed by atoms with Crippen molar-refractivity contribution < 1.29 is 14.3 Å². The summed E-state index contributed by atoms with van der Waals surface area (Å²) in [5.74, 6) is 0.148. The van der Waals surface area contributed by atoms with E-state index < -0.39 is 5.92 Å². The largest absolute Gasteiger partial charge is 0.495 e. The number of hydrogen-bond acceptors (Lipinski definition) is 7. The molecule has 1 saturated heterocycles. The molecule has 2 aromatic rings. The van der Waals surface area contributed by atoms with E-state index in [0.717, 1.165) is 25.9 Å². The van der Waals surface area contributed by atoms with Gasteiger partial charge in [0.2, 0.25) is 17.8 Å². The number of methoxy groups -OCH3 is 1. The number of carbonyl (C=O) groups excluding carboxylic acids is 2. The van der Waals surface area contributed by atoms with Crippen molar-refractivity contribution in [2.45, 2.75) is 31.6 Å². The SMILES string of the molecule is COc1ccccc1NC(=O)C1CC(=O)Nc2nc(N3CCCCC3)nc(N)c21. The first-order chi connectivity index (χ1) is 14.1. The zero-order valence-electron chi connectivity index (χ0n) is 16.3. The van der Waals surface area contributed by atoms with Crippen LogP contribution in [0.1, 0.15) is 37.2 Å². The zero-order valence-corrected chi connectivity index (χ0v) is 16.3. The Labute approximate surface area is 168 Å². The maximum Gasteiger partial charge on any atom is 0.232 e. The molecular weight excluding hydrogens is 372 g/mol. The van der Waals surface area contributed by atoms with Crippen LogP contribution in [-0.4, -0.2) is 42.0 Å². The van der Waals surface area contributed by atoms with Gasteiger partial charge < -0.3 is 26.0 Å². The van der Waals surface area contributed by atoms with Crippen molar-refractivity contribution in [3.8, 4) is 5.75 Å². The number of benzene rings is 1. The molecule has 152 valence electrons. The molecule has 1 aromatic carbocycles. The number of para-hydroxylation sites is 2. The highest BCUT2D eigenvalue weighted by molar-refractivity contribution is 6.06. The van der Waals surface area contributed by atoms with Crippen LogP contribution in [0.5, 0.6) is 5.75 Å². The minimum absolute atomic E-state index is 0.0232. The average molecular weight is 396 g/mol. The van der Waals surface area contributed by atoms with Crippen LogP contribution in [0.2, 0.25) is 0 Å². The van der Waals surface area contributed by atoms with E-state index in [1.54, 1.807) is 18.2 Å². The van der Waals surface area contributed by atoms with E-state index in [0.29, 0.717) is 28.8 Å². The highest BCUT2D eigenvalue weighted by atomic mass is 16.5. The number of hydrogen-bond donors (Lipinski definition) is 3. The van der Waals surface area contributed by atoms with Gasteiger partial charge in [0.25, 0.3) is 0 Å². The van der Waals surface area contributed by atoms with Crippen molar-refractivity contribution in [2.75, 3.05) is 41.5 Å². The molecule has 4 N–H and O–H groups in total. The second kappa shape index (κ2) is 7.94. The summed E-state index contributed by atoms with van der Waals surface area (Å²) in [6, 6.07) is 7.09. The monoisotopic (exact) mass is 396 g/mol. The summed E-state index contributed by atoms with van der Waals surface area (Å²) in [5.41, 5.74) is 7.22. The number of piperidine rings is 1. The van der Waals surface area contributed by atoms with Crippen LogP contribution >= 0.6 is 0 Å². The Morgan fingerprint density at radius 1 is 1.24 bits per heavy atom. The van der Waals surface area contributed by atoms with Crippen LogP contribution in [0, 0.1) is 0 Å². The number of carbonyl (C=O) groups is 2. The van der Waals surface area contributed by atoms with Gasteiger partial charge in [0, 0.05) is 19.5 Å². The maximum atomic E-state index is 13.0. The third kappa shape index (κ3) is 3.80. The van der Waals surface area contributed by atoms with Crippen LogP contribution in [0.15, 0.2) is 24.3 Å². The second-order valence-electron chi connectivity index (χ2n) is 7.21. The Hall–Kier alpha value is -3.36. The Morgan fingerprint density at radius 2 is 2.00 bits per heavy atom. The molecule has 1 atom stereocenters. The van der Waals surface area contributed by atoms with Gasteiger partial charge in [-0.05, 0) is 31.4 Å². The number of rotatable bonds is 4. The third-order valence-electron chi connectivity index (χ3n) is 5.28. The molecule has 3 heterocycles. The molecule has 4 rings (SSSR count). The predicted octanol–water partition coefficient (Wildman–Crippen LogP) is 2.12. The molecule has 1 fully saturated rings. The lowest BCUT2D eigenvalue weighted by Crippen LogP contribution is -2.35. The molecular formula is C20H24N6O3. The molecule has 1 aromatic heterocycles. The van der Waals surface area contributed by atoms with Crippen molar-refractivity contribution in [3.05, 3.63) is 29.8 Å². The lowest BCUT2D eigenvalue weighted by Gasteiger charge is -2.30. The molecule has 0 bridgehead atoms. The van der Waals surface area contributed by atoms with E-state index in [1.807, 2.05) is 6.07 Å². The molecule has 2 aliphatic heterocycles. The van der Waals surface area contributed by atoms with Gasteiger partial charge in [0.1, 0.15) is 17.4 Å². The van der Waals surface area contributed by atoms with Gasteiger partial charge in [-0.15, -0.1) is 0 Å². The standard InChI is InChI=1S/C20H24N6O3/c1-29-14-8-4-3-7-13(14)22-19(28)12-11-15(27)23-18-16(12)17(21)24-20(25-18)26-9-5-2-6-10-26/h3-4,7-8,12H,2,5-6,9-11H2,1H3,(H,22,28)(H3,21,23,24,25,27). The normalized spacial score (nSPS) is 18.6. The summed E-state index contributed by atoms with van der Waals surface area (Å²) in [6.07, 6.45) is 3.29. The summed E-state index contributed by atoms with van der Waals surface area (Å²) < 4.78 is 5.28. The molecule has 0 radical (unpaired) electrons. The number of fused-ring (bicyclic) bond motifs is 1. The van der Waals surface area contributed by atoms with Gasteiger partial charge >= 0.3 is 0 Å². The lowest BCUT2D eigenvalue weighted by atomic mass is 9.91.